The lowest BCUT2D eigenvalue weighted by molar-refractivity contribution is -0.146. The van der Waals surface area contributed by atoms with Crippen LogP contribution < -0.4 is 10.6 Å². The molecule has 3 rings (SSSR count). The Kier molecular flexibility index (Phi) is 7.41. The number of carbonyl (C=O) groups excluding carboxylic acids is 4. The summed E-state index contributed by atoms with van der Waals surface area (Å²) in [6.07, 6.45) is 1.96. The van der Waals surface area contributed by atoms with Gasteiger partial charge in [-0.2, -0.15) is 8.78 Å². The van der Waals surface area contributed by atoms with Crippen LogP contribution in [0.5, 0.6) is 0 Å². The van der Waals surface area contributed by atoms with Crippen molar-refractivity contribution in [3.05, 3.63) is 71.3 Å². The number of rotatable bonds is 8. The van der Waals surface area contributed by atoms with E-state index in [0.717, 1.165) is 6.07 Å². The lowest BCUT2D eigenvalue weighted by atomic mass is 10.0. The number of alkyl halides is 2. The Morgan fingerprint density at radius 2 is 2.06 bits per heavy atom. The third-order valence-corrected chi connectivity index (χ3v) is 5.66. The Balaban J connectivity index is 1.63. The maximum absolute atomic E-state index is 14.6. The summed E-state index contributed by atoms with van der Waals surface area (Å²) in [7, 11) is 0. The molecular weight excluding hydrogens is 448 g/mol. The van der Waals surface area contributed by atoms with Gasteiger partial charge in [0.15, 0.2) is 0 Å². The van der Waals surface area contributed by atoms with Crippen molar-refractivity contribution in [3.63, 3.8) is 0 Å². The molecule has 1 aromatic rings. The highest BCUT2D eigenvalue weighted by Gasteiger charge is 2.41. The van der Waals surface area contributed by atoms with Gasteiger partial charge in [0.05, 0.1) is 0 Å². The molecule has 0 saturated carbocycles. The summed E-state index contributed by atoms with van der Waals surface area (Å²) in [6, 6.07) is 4.47. The second-order valence-electron chi connectivity index (χ2n) is 8.14. The van der Waals surface area contributed by atoms with E-state index in [-0.39, 0.29) is 50.1 Å². The Labute approximate surface area is 195 Å². The van der Waals surface area contributed by atoms with Crippen LogP contribution in [0.25, 0.3) is 0 Å². The lowest BCUT2D eigenvalue weighted by Crippen LogP contribution is -2.52. The molecular formula is C24H25F2N3O5. The number of imide groups is 1. The molecule has 8 nitrogen and oxygen atoms in total. The van der Waals surface area contributed by atoms with Gasteiger partial charge in [-0.15, -0.1) is 0 Å². The normalized spacial score (nSPS) is 20.0. The van der Waals surface area contributed by atoms with Crippen LogP contribution in [-0.4, -0.2) is 59.4 Å². The third kappa shape index (κ3) is 5.28. The predicted octanol–water partition coefficient (Wildman–Crippen LogP) is 1.12. The lowest BCUT2D eigenvalue weighted by Gasteiger charge is -2.28. The van der Waals surface area contributed by atoms with Crippen LogP contribution in [0, 0.1) is 0 Å². The van der Waals surface area contributed by atoms with Crippen molar-refractivity contribution in [2.75, 3.05) is 19.7 Å². The fourth-order valence-corrected chi connectivity index (χ4v) is 3.81. The quantitative estimate of drug-likeness (QED) is 0.387. The van der Waals surface area contributed by atoms with Crippen molar-refractivity contribution < 1.29 is 33.1 Å². The molecule has 2 aliphatic rings. The zero-order chi connectivity index (χ0) is 25.0. The molecule has 2 heterocycles. The number of nitrogens with one attached hydrogen (secondary N) is 2. The summed E-state index contributed by atoms with van der Waals surface area (Å²) in [5.74, 6) is -6.74. The number of hydrogen-bond donors (Lipinski definition) is 3. The highest BCUT2D eigenvalue weighted by atomic mass is 19.3. The van der Waals surface area contributed by atoms with Crippen molar-refractivity contribution in [2.45, 2.75) is 31.2 Å². The Hall–Kier alpha value is -3.66. The van der Waals surface area contributed by atoms with Gasteiger partial charge in [0.2, 0.25) is 11.8 Å². The fourth-order valence-electron chi connectivity index (χ4n) is 3.81. The van der Waals surface area contributed by atoms with E-state index >= 15 is 0 Å². The zero-order valence-electron chi connectivity index (χ0n) is 18.4. The number of nitrogens with zero attached hydrogens (tertiary/aromatic N) is 1. The Bertz CT molecular complexity index is 1100. The van der Waals surface area contributed by atoms with Gasteiger partial charge in [-0.25, -0.2) is 0 Å². The molecule has 0 aliphatic carbocycles. The first kappa shape index (κ1) is 25.0. The molecule has 0 radical (unpaired) electrons. The predicted molar refractivity (Wildman–Crippen MR) is 118 cm³/mol. The number of aliphatic hydroxyl groups excluding tert-OH is 1. The molecule has 34 heavy (non-hydrogen) atoms. The van der Waals surface area contributed by atoms with E-state index < -0.39 is 41.2 Å². The van der Waals surface area contributed by atoms with E-state index in [1.807, 2.05) is 0 Å². The topological polar surface area (TPSA) is 116 Å². The van der Waals surface area contributed by atoms with Crippen molar-refractivity contribution in [1.29, 1.82) is 0 Å². The number of aliphatic hydroxyl groups is 1. The van der Waals surface area contributed by atoms with Gasteiger partial charge < -0.3 is 15.3 Å². The standard InChI is InChI=1S/C24H25F2N3O5/c1-14(12-27-23(34)24(25,26)18-5-3-4-16(11-18)8-9-30)10-17-13-29(22(33)15(17)2)19-6-7-20(31)28-21(19)32/h3-5,10-11,19,30H,1-2,6-9,12-13H2,(H,27,34)(H,28,31,32)/b17-10-. The summed E-state index contributed by atoms with van der Waals surface area (Å²) in [5.41, 5.74) is 0.814. The SMILES string of the molecule is C=C(/C=C1/CN(C2CCC(=O)NC2=O)C(=O)C1=C)CNC(=O)C(F)(F)c1cccc(CCO)c1. The minimum absolute atomic E-state index is 0.0463. The molecule has 1 atom stereocenters. The maximum Gasteiger partial charge on any atom is 0.349 e. The molecule has 4 amide bonds. The van der Waals surface area contributed by atoms with Gasteiger partial charge in [0.25, 0.3) is 11.8 Å². The van der Waals surface area contributed by atoms with Gasteiger partial charge in [0.1, 0.15) is 6.04 Å². The number of carbonyl (C=O) groups is 4. The molecule has 2 fully saturated rings. The van der Waals surface area contributed by atoms with Crippen molar-refractivity contribution in [1.82, 2.24) is 15.5 Å². The van der Waals surface area contributed by atoms with Crippen LogP contribution in [0.2, 0.25) is 0 Å². The summed E-state index contributed by atoms with van der Waals surface area (Å²) in [6.45, 7) is 7.02. The fraction of sp³-hybridized carbons (Fsp3) is 0.333. The number of hydrogen-bond acceptors (Lipinski definition) is 5. The summed E-state index contributed by atoms with van der Waals surface area (Å²) >= 11 is 0. The first-order valence-corrected chi connectivity index (χ1v) is 10.6. The van der Waals surface area contributed by atoms with E-state index in [9.17, 15) is 28.0 Å². The van der Waals surface area contributed by atoms with E-state index in [4.69, 9.17) is 5.11 Å². The van der Waals surface area contributed by atoms with E-state index in [2.05, 4.69) is 23.8 Å². The maximum atomic E-state index is 14.6. The summed E-state index contributed by atoms with van der Waals surface area (Å²) < 4.78 is 29.2. The first-order valence-electron chi connectivity index (χ1n) is 10.6. The van der Waals surface area contributed by atoms with E-state index in [1.54, 1.807) is 6.07 Å². The highest BCUT2D eigenvalue weighted by molar-refractivity contribution is 6.06. The van der Waals surface area contributed by atoms with Gasteiger partial charge in [-0.1, -0.05) is 37.4 Å². The van der Waals surface area contributed by atoms with Crippen LogP contribution in [0.4, 0.5) is 8.78 Å². The molecule has 180 valence electrons. The van der Waals surface area contributed by atoms with Crippen LogP contribution in [0.3, 0.4) is 0 Å². The van der Waals surface area contributed by atoms with Gasteiger partial charge in [0, 0.05) is 37.3 Å². The molecule has 2 saturated heterocycles. The second kappa shape index (κ2) is 10.1. The number of amides is 4. The van der Waals surface area contributed by atoms with Crippen LogP contribution in [0.1, 0.15) is 24.0 Å². The molecule has 0 spiro atoms. The molecule has 0 aromatic heterocycles. The Morgan fingerprint density at radius 3 is 2.74 bits per heavy atom. The van der Waals surface area contributed by atoms with E-state index in [0.29, 0.717) is 11.1 Å². The van der Waals surface area contributed by atoms with Crippen LogP contribution in [0.15, 0.2) is 60.2 Å². The van der Waals surface area contributed by atoms with Crippen LogP contribution >= 0.6 is 0 Å². The summed E-state index contributed by atoms with van der Waals surface area (Å²) in [5, 5.41) is 13.3. The first-order chi connectivity index (χ1) is 16.0. The van der Waals surface area contributed by atoms with E-state index in [1.165, 1.54) is 23.1 Å². The number of likely N-dealkylation sites (tertiary alicyclic amines) is 1. The Morgan fingerprint density at radius 1 is 1.32 bits per heavy atom. The third-order valence-electron chi connectivity index (χ3n) is 5.66. The highest BCUT2D eigenvalue weighted by Crippen LogP contribution is 2.30. The number of piperidine rings is 1. The average molecular weight is 473 g/mol. The van der Waals surface area contributed by atoms with Crippen LogP contribution in [-0.2, 0) is 31.5 Å². The minimum Gasteiger partial charge on any atom is -0.396 e. The number of halogens is 2. The van der Waals surface area contributed by atoms with Crippen molar-refractivity contribution >= 4 is 23.6 Å². The summed E-state index contributed by atoms with van der Waals surface area (Å²) in [4.78, 5) is 49.5. The van der Waals surface area contributed by atoms with Gasteiger partial charge in [-0.05, 0) is 35.6 Å². The molecule has 0 bridgehead atoms. The van der Waals surface area contributed by atoms with Gasteiger partial charge in [-0.3, -0.25) is 24.5 Å². The second-order valence-corrected chi connectivity index (χ2v) is 8.14. The van der Waals surface area contributed by atoms with Gasteiger partial charge >= 0.3 is 5.92 Å². The number of benzene rings is 1. The molecule has 10 heteroatoms. The molecule has 1 aromatic carbocycles. The zero-order valence-corrected chi connectivity index (χ0v) is 18.4. The molecule has 3 N–H and O–H groups in total. The van der Waals surface area contributed by atoms with Crippen molar-refractivity contribution in [2.24, 2.45) is 0 Å². The monoisotopic (exact) mass is 473 g/mol. The average Bonchev–Trinajstić information content (AvgIpc) is 3.06. The largest absolute Gasteiger partial charge is 0.396 e. The molecule has 2 aliphatic heterocycles. The minimum atomic E-state index is -3.80. The van der Waals surface area contributed by atoms with Crippen molar-refractivity contribution in [3.8, 4) is 0 Å². The smallest absolute Gasteiger partial charge is 0.349 e. The molecule has 1 unspecified atom stereocenters.